The van der Waals surface area contributed by atoms with Crippen molar-refractivity contribution in [3.05, 3.63) is 152 Å². The Balaban J connectivity index is 0.000000337. The summed E-state index contributed by atoms with van der Waals surface area (Å²) in [5, 5.41) is 18.3. The van der Waals surface area contributed by atoms with E-state index < -0.39 is 144 Å². The van der Waals surface area contributed by atoms with Gasteiger partial charge in [-0.2, -0.15) is 15.1 Å². The predicted octanol–water partition coefficient (Wildman–Crippen LogP) is 8.14. The molecule has 4 nitrogen and oxygen atoms in total. The number of aromatic nitrogens is 2. The molecule has 1 aliphatic carbocycles. The first-order valence-electron chi connectivity index (χ1n) is 17.6. The summed E-state index contributed by atoms with van der Waals surface area (Å²) in [7, 11) is 0. The zero-order valence-electron chi connectivity index (χ0n) is 31.1. The van der Waals surface area contributed by atoms with E-state index in [4.69, 9.17) is 10.5 Å². The number of halogens is 20. The molecule has 1 aliphatic rings. The first-order chi connectivity index (χ1) is 30.0. The van der Waals surface area contributed by atoms with Gasteiger partial charge in [0.15, 0.2) is 88.7 Å². The average molecular weight is 932 g/mol. The number of hydrogen-bond acceptors (Lipinski definition) is 3. The number of hydrogen-bond donors (Lipinski definition) is 0. The molecule has 1 saturated carbocycles. The third-order valence-electron chi connectivity index (χ3n) is 10.4. The van der Waals surface area contributed by atoms with Crippen LogP contribution >= 0.6 is 0 Å². The van der Waals surface area contributed by atoms with Crippen LogP contribution in [0.1, 0.15) is 32.1 Å². The van der Waals surface area contributed by atoms with Crippen LogP contribution in [0.2, 0.25) is 0 Å². The maximum atomic E-state index is 15.4. The van der Waals surface area contributed by atoms with E-state index in [2.05, 4.69) is 17.1 Å². The fraction of sp³-hybridized carbons (Fsp3) is 0.179. The molecule has 0 bridgehead atoms. The smallest absolute Gasteiger partial charge is 0.200 e. The van der Waals surface area contributed by atoms with Gasteiger partial charge in [0, 0.05) is 5.57 Å². The molecular formula is C39H17BF20N4. The molecule has 5 aromatic rings. The standard InChI is InChI=1S/C24BF20.C15H17N4/c26-5-1(6(27)14(35)21(42)13(5)34)25(2-7(28)15(36)22(43)16(37)8(2)29,3-9(30)17(38)23(44)18(39)10(3)31)4-11(32)19(40)24(45)20(41)12(4)33;16-10-14(11-17)15(13-4-2-1-3-5-13)12-19-8-6-18-7-9-19/h;6-9,13H,1-5,12H2/q-1;+1. The third kappa shape index (κ3) is 7.74. The van der Waals surface area contributed by atoms with Gasteiger partial charge in [-0.05, 0) is 18.8 Å². The molecule has 1 heterocycles. The molecule has 25 heteroatoms. The highest BCUT2D eigenvalue weighted by atomic mass is 19.2. The Morgan fingerprint density at radius 1 is 0.438 bits per heavy atom. The largest absolute Gasteiger partial charge is 0.252 e. The molecule has 6 rings (SSSR count). The Labute approximate surface area is 344 Å². The van der Waals surface area contributed by atoms with Crippen LogP contribution in [0.25, 0.3) is 0 Å². The second kappa shape index (κ2) is 18.6. The second-order valence-electron chi connectivity index (χ2n) is 13.7. The molecule has 336 valence electrons. The van der Waals surface area contributed by atoms with Gasteiger partial charge in [-0.25, -0.2) is 87.8 Å². The first kappa shape index (κ1) is 48.4. The summed E-state index contributed by atoms with van der Waals surface area (Å²) in [5.74, 6) is -71.0. The van der Waals surface area contributed by atoms with Gasteiger partial charge in [-0.3, -0.25) is 4.98 Å². The monoisotopic (exact) mass is 932 g/mol. The Hall–Kier alpha value is -6.66. The lowest BCUT2D eigenvalue weighted by atomic mass is 9.12. The number of benzene rings is 4. The summed E-state index contributed by atoms with van der Waals surface area (Å²) in [6.45, 7) is 0.615. The molecule has 0 amide bonds. The van der Waals surface area contributed by atoms with Crippen LogP contribution in [0.5, 0.6) is 0 Å². The topological polar surface area (TPSA) is 64.3 Å². The number of nitrogens with zero attached hydrogens (tertiary/aromatic N) is 4. The fourth-order valence-electron chi connectivity index (χ4n) is 7.56. The SMILES string of the molecule is Fc1c(F)c(F)c([B-](c2c(F)c(F)c(F)c(F)c2F)(c2c(F)c(F)c(F)c(F)c2F)c2c(F)c(F)c(F)c(F)c2F)c(F)c1F.N#CC(C#N)=C(C[n+]1ccncc1)C1CCCCC1. The second-order valence-corrected chi connectivity index (χ2v) is 13.7. The van der Waals surface area contributed by atoms with Crippen molar-refractivity contribution in [1.29, 1.82) is 10.5 Å². The minimum absolute atomic E-state index is 0.288. The highest BCUT2D eigenvalue weighted by molar-refractivity contribution is 7.20. The lowest BCUT2D eigenvalue weighted by molar-refractivity contribution is -0.690. The van der Waals surface area contributed by atoms with Crippen LogP contribution in [0.3, 0.4) is 0 Å². The van der Waals surface area contributed by atoms with Crippen LogP contribution in [-0.4, -0.2) is 11.1 Å². The molecular weight excluding hydrogens is 915 g/mol. The van der Waals surface area contributed by atoms with Gasteiger partial charge in [0.2, 0.25) is 0 Å². The van der Waals surface area contributed by atoms with Gasteiger partial charge in [-0.15, -0.1) is 21.9 Å². The van der Waals surface area contributed by atoms with Crippen molar-refractivity contribution in [2.45, 2.75) is 38.6 Å². The van der Waals surface area contributed by atoms with Crippen molar-refractivity contribution < 1.29 is 92.4 Å². The van der Waals surface area contributed by atoms with E-state index in [1.54, 1.807) is 12.4 Å². The van der Waals surface area contributed by atoms with Crippen molar-refractivity contribution in [1.82, 2.24) is 4.98 Å². The molecule has 0 atom stereocenters. The predicted molar refractivity (Wildman–Crippen MR) is 178 cm³/mol. The zero-order chi connectivity index (χ0) is 47.9. The third-order valence-corrected chi connectivity index (χ3v) is 10.4. The summed E-state index contributed by atoms with van der Waals surface area (Å²) < 4.78 is 296. The number of allylic oxidation sites excluding steroid dienone is 2. The van der Waals surface area contributed by atoms with E-state index >= 15 is 35.1 Å². The highest BCUT2D eigenvalue weighted by Gasteiger charge is 2.52. The van der Waals surface area contributed by atoms with Gasteiger partial charge in [0.1, 0.15) is 70.4 Å². The van der Waals surface area contributed by atoms with Crippen LogP contribution in [-0.2, 0) is 6.54 Å². The Kier molecular flexibility index (Phi) is 14.1. The van der Waals surface area contributed by atoms with Crippen LogP contribution in [0.15, 0.2) is 35.9 Å². The van der Waals surface area contributed by atoms with E-state index in [9.17, 15) is 52.7 Å². The molecule has 0 spiro atoms. The van der Waals surface area contributed by atoms with Crippen molar-refractivity contribution in [2.24, 2.45) is 5.92 Å². The van der Waals surface area contributed by atoms with E-state index in [1.165, 1.54) is 19.3 Å². The Morgan fingerprint density at radius 3 is 0.938 bits per heavy atom. The fourth-order valence-corrected chi connectivity index (χ4v) is 7.56. The summed E-state index contributed by atoms with van der Waals surface area (Å²) in [5.41, 5.74) is -13.1. The Morgan fingerprint density at radius 2 is 0.688 bits per heavy atom. The highest BCUT2D eigenvalue weighted by Crippen LogP contribution is 2.33. The van der Waals surface area contributed by atoms with Crippen molar-refractivity contribution in [2.75, 3.05) is 0 Å². The molecule has 1 fully saturated rings. The molecule has 0 aliphatic heterocycles. The van der Waals surface area contributed by atoms with Crippen molar-refractivity contribution in [3.8, 4) is 12.1 Å². The number of nitriles is 2. The number of rotatable bonds is 7. The van der Waals surface area contributed by atoms with Crippen molar-refractivity contribution >= 4 is 28.0 Å². The summed E-state index contributed by atoms with van der Waals surface area (Å²) in [6, 6.07) is 4.12. The summed E-state index contributed by atoms with van der Waals surface area (Å²) in [6.07, 6.45) is 5.80. The van der Waals surface area contributed by atoms with Gasteiger partial charge < -0.3 is 0 Å². The van der Waals surface area contributed by atoms with E-state index in [0.717, 1.165) is 18.4 Å². The van der Waals surface area contributed by atoms with Crippen LogP contribution in [0.4, 0.5) is 87.8 Å². The van der Waals surface area contributed by atoms with Gasteiger partial charge >= 0.3 is 0 Å². The van der Waals surface area contributed by atoms with E-state index in [1.807, 2.05) is 17.0 Å². The van der Waals surface area contributed by atoms with Crippen molar-refractivity contribution in [3.63, 3.8) is 0 Å². The van der Waals surface area contributed by atoms with Crippen LogP contribution in [0, 0.1) is 145 Å². The molecule has 0 radical (unpaired) electrons. The maximum absolute atomic E-state index is 15.4. The molecule has 0 N–H and O–H groups in total. The molecule has 64 heavy (non-hydrogen) atoms. The normalized spacial score (nSPS) is 13.0. The molecule has 0 unspecified atom stereocenters. The zero-order valence-corrected chi connectivity index (χ0v) is 31.1. The summed E-state index contributed by atoms with van der Waals surface area (Å²) >= 11 is 0. The lowest BCUT2D eigenvalue weighted by Crippen LogP contribution is -2.81. The molecule has 0 saturated heterocycles. The van der Waals surface area contributed by atoms with E-state index in [0.29, 0.717) is 12.5 Å². The summed E-state index contributed by atoms with van der Waals surface area (Å²) in [4.78, 5) is 3.98. The first-order valence-corrected chi connectivity index (χ1v) is 17.6. The van der Waals surface area contributed by atoms with Crippen LogP contribution < -0.4 is 26.4 Å². The minimum Gasteiger partial charge on any atom is -0.252 e. The van der Waals surface area contributed by atoms with E-state index in [-0.39, 0.29) is 5.57 Å². The average Bonchev–Trinajstić information content (AvgIpc) is 3.29. The van der Waals surface area contributed by atoms with Gasteiger partial charge in [0.25, 0.3) is 0 Å². The minimum atomic E-state index is -7.22. The quantitative estimate of drug-likeness (QED) is 0.0414. The Bertz CT molecular complexity index is 2420. The molecule has 1 aromatic heterocycles. The molecule has 4 aromatic carbocycles. The van der Waals surface area contributed by atoms with Gasteiger partial charge in [0.05, 0.1) is 12.4 Å². The maximum Gasteiger partial charge on any atom is 0.200 e. The van der Waals surface area contributed by atoms with Gasteiger partial charge in [-0.1, -0.05) is 19.3 Å². The lowest BCUT2D eigenvalue weighted by Gasteiger charge is -2.44.